The van der Waals surface area contributed by atoms with Crippen LogP contribution in [0.15, 0.2) is 47.6 Å². The molecule has 6 rings (SSSR count). The normalized spacial score (nSPS) is 30.1. The molecular formula is C26H34N6O2. The van der Waals surface area contributed by atoms with E-state index in [0.29, 0.717) is 12.5 Å². The predicted octanol–water partition coefficient (Wildman–Crippen LogP) is 1.67. The Morgan fingerprint density at radius 2 is 1.85 bits per heavy atom. The molecule has 1 amide bonds. The first kappa shape index (κ1) is 21.8. The number of fused-ring (bicyclic) bond motifs is 2. The molecule has 2 aromatic carbocycles. The van der Waals surface area contributed by atoms with Crippen molar-refractivity contribution < 1.29 is 9.90 Å². The minimum absolute atomic E-state index is 0.0604. The van der Waals surface area contributed by atoms with E-state index in [1.54, 1.807) is 7.05 Å². The zero-order valence-corrected chi connectivity index (χ0v) is 20.0. The Kier molecular flexibility index (Phi) is 5.28. The van der Waals surface area contributed by atoms with Crippen molar-refractivity contribution in [1.29, 1.82) is 0 Å². The minimum atomic E-state index is -0.971. The van der Waals surface area contributed by atoms with Crippen molar-refractivity contribution >= 4 is 22.5 Å². The molecule has 180 valence electrons. The van der Waals surface area contributed by atoms with E-state index >= 15 is 0 Å². The monoisotopic (exact) mass is 462 g/mol. The van der Waals surface area contributed by atoms with E-state index < -0.39 is 11.8 Å². The highest BCUT2D eigenvalue weighted by Crippen LogP contribution is 2.45. The van der Waals surface area contributed by atoms with Crippen LogP contribution in [-0.4, -0.2) is 88.8 Å². The van der Waals surface area contributed by atoms with Crippen molar-refractivity contribution in [3.63, 3.8) is 0 Å². The lowest BCUT2D eigenvalue weighted by molar-refractivity contribution is -0.170. The third-order valence-corrected chi connectivity index (χ3v) is 8.01. The molecule has 3 aliphatic heterocycles. The van der Waals surface area contributed by atoms with Gasteiger partial charge in [0, 0.05) is 39.8 Å². The quantitative estimate of drug-likeness (QED) is 0.704. The smallest absolute Gasteiger partial charge is 0.242 e. The van der Waals surface area contributed by atoms with Crippen LogP contribution in [0, 0.1) is 11.3 Å². The molecule has 0 bridgehead atoms. The van der Waals surface area contributed by atoms with Gasteiger partial charge in [0.1, 0.15) is 17.4 Å². The fraction of sp³-hybridized carbons (Fsp3) is 0.538. The third kappa shape index (κ3) is 3.39. The highest BCUT2D eigenvalue weighted by molar-refractivity contribution is 6.10. The summed E-state index contributed by atoms with van der Waals surface area (Å²) in [7, 11) is 1.72. The van der Waals surface area contributed by atoms with Gasteiger partial charge < -0.3 is 20.2 Å². The van der Waals surface area contributed by atoms with Crippen LogP contribution in [0.5, 0.6) is 0 Å². The van der Waals surface area contributed by atoms with Gasteiger partial charge in [-0.2, -0.15) is 5.10 Å². The van der Waals surface area contributed by atoms with Crippen LogP contribution >= 0.6 is 0 Å². The number of nitrogens with zero attached hydrogens (tertiary/aromatic N) is 5. The molecule has 3 atom stereocenters. The molecule has 8 nitrogen and oxygen atoms in total. The average Bonchev–Trinajstić information content (AvgIpc) is 3.64. The van der Waals surface area contributed by atoms with Gasteiger partial charge in [-0.15, -0.1) is 0 Å². The van der Waals surface area contributed by atoms with E-state index in [-0.39, 0.29) is 12.1 Å². The Morgan fingerprint density at radius 1 is 1.12 bits per heavy atom. The van der Waals surface area contributed by atoms with Crippen LogP contribution in [0.1, 0.15) is 25.3 Å². The van der Waals surface area contributed by atoms with Crippen LogP contribution in [-0.2, 0) is 11.3 Å². The second-order valence-electron chi connectivity index (χ2n) is 10.4. The van der Waals surface area contributed by atoms with E-state index in [4.69, 9.17) is 5.10 Å². The predicted molar refractivity (Wildman–Crippen MR) is 131 cm³/mol. The number of piperazine rings is 1. The molecule has 0 radical (unpaired) electrons. The third-order valence-electron chi connectivity index (χ3n) is 8.01. The van der Waals surface area contributed by atoms with Crippen LogP contribution in [0.3, 0.4) is 0 Å². The molecule has 0 spiro atoms. The molecule has 3 heterocycles. The Hall–Kier alpha value is -2.68. The summed E-state index contributed by atoms with van der Waals surface area (Å²) in [5, 5.41) is 24.2. The van der Waals surface area contributed by atoms with Gasteiger partial charge >= 0.3 is 0 Å². The molecule has 2 N–H and O–H groups in total. The number of aliphatic hydroxyl groups excluding tert-OH is 1. The largest absolute Gasteiger partial charge is 0.356 e. The molecule has 3 fully saturated rings. The first-order chi connectivity index (χ1) is 16.5. The summed E-state index contributed by atoms with van der Waals surface area (Å²) in [6.07, 6.45) is 1.17. The summed E-state index contributed by atoms with van der Waals surface area (Å²) in [4.78, 5) is 19.7. The summed E-state index contributed by atoms with van der Waals surface area (Å²) in [6, 6.07) is 14.8. The first-order valence-electron chi connectivity index (χ1n) is 12.5. The second-order valence-corrected chi connectivity index (χ2v) is 10.4. The topological polar surface area (TPSA) is 74.7 Å². The number of benzene rings is 2. The summed E-state index contributed by atoms with van der Waals surface area (Å²) in [5.41, 5.74) is 0.352. The number of rotatable bonds is 5. The molecule has 1 aliphatic carbocycles. The number of carbonyl (C=O) groups excluding carboxylic acids is 1. The summed E-state index contributed by atoms with van der Waals surface area (Å²) < 4.78 is 0. The van der Waals surface area contributed by atoms with Gasteiger partial charge in [-0.1, -0.05) is 42.5 Å². The number of hydrogen-bond acceptors (Lipinski definition) is 7. The van der Waals surface area contributed by atoms with Crippen molar-refractivity contribution in [2.24, 2.45) is 16.4 Å². The van der Waals surface area contributed by atoms with Crippen molar-refractivity contribution in [3.8, 4) is 0 Å². The maximum absolute atomic E-state index is 13.8. The Bertz CT molecular complexity index is 1120. The fourth-order valence-corrected chi connectivity index (χ4v) is 6.01. The number of carbonyl (C=O) groups is 1. The van der Waals surface area contributed by atoms with Crippen molar-refractivity contribution in [1.82, 2.24) is 25.0 Å². The maximum Gasteiger partial charge on any atom is 0.242 e. The Balaban J connectivity index is 1.44. The van der Waals surface area contributed by atoms with Gasteiger partial charge in [0.25, 0.3) is 0 Å². The zero-order chi connectivity index (χ0) is 23.4. The number of aliphatic hydroxyl groups is 1. The Labute approximate surface area is 200 Å². The molecule has 0 aromatic heterocycles. The van der Waals surface area contributed by atoms with Gasteiger partial charge in [-0.25, -0.2) is 0 Å². The van der Waals surface area contributed by atoms with Gasteiger partial charge in [0.2, 0.25) is 12.3 Å². The van der Waals surface area contributed by atoms with E-state index in [1.807, 2.05) is 11.8 Å². The highest BCUT2D eigenvalue weighted by atomic mass is 16.3. The van der Waals surface area contributed by atoms with Crippen LogP contribution < -0.4 is 5.32 Å². The van der Waals surface area contributed by atoms with Crippen LogP contribution in [0.25, 0.3) is 10.8 Å². The molecule has 4 aliphatic rings. The average molecular weight is 463 g/mol. The minimum Gasteiger partial charge on any atom is -0.356 e. The number of amidine groups is 1. The van der Waals surface area contributed by atoms with Crippen LogP contribution in [0.4, 0.5) is 0 Å². The molecule has 2 aromatic rings. The van der Waals surface area contributed by atoms with Crippen molar-refractivity contribution in [3.05, 3.63) is 48.0 Å². The van der Waals surface area contributed by atoms with E-state index in [9.17, 15) is 9.90 Å². The van der Waals surface area contributed by atoms with Crippen LogP contribution in [0.2, 0.25) is 0 Å². The lowest BCUT2D eigenvalue weighted by Crippen LogP contribution is -2.70. The molecule has 1 saturated carbocycles. The van der Waals surface area contributed by atoms with Gasteiger partial charge in [-0.05, 0) is 42.0 Å². The SMILES string of the molecule is CN1C(=O)C2(C)C(=NN(Cc3cccc4ccccc34)C2N2CCNCC2)N(CC2CC2)C1O. The van der Waals surface area contributed by atoms with Crippen molar-refractivity contribution in [2.75, 3.05) is 39.8 Å². The van der Waals surface area contributed by atoms with E-state index in [2.05, 4.69) is 57.7 Å². The lowest BCUT2D eigenvalue weighted by Gasteiger charge is -2.50. The standard InChI is InChI=1S/C26H34N6O2/c1-26-22(31(16-18-10-11-18)25(34)29(2)24(26)33)28-32(23(26)30-14-12-27-13-15-30)17-20-8-5-7-19-6-3-4-9-21(19)20/h3-9,18,23,25,27,34H,10-17H2,1-2H3. The Morgan fingerprint density at radius 3 is 2.62 bits per heavy atom. The van der Waals surface area contributed by atoms with Gasteiger partial charge in [-0.3, -0.25) is 14.7 Å². The van der Waals surface area contributed by atoms with Gasteiger partial charge in [0.05, 0.1) is 6.54 Å². The molecule has 8 heteroatoms. The van der Waals surface area contributed by atoms with E-state index in [0.717, 1.165) is 38.6 Å². The highest BCUT2D eigenvalue weighted by Gasteiger charge is 2.62. The molecule has 3 unspecified atom stereocenters. The maximum atomic E-state index is 13.8. The molecular weight excluding hydrogens is 428 g/mol. The summed E-state index contributed by atoms with van der Waals surface area (Å²) >= 11 is 0. The number of hydrogen-bond donors (Lipinski definition) is 2. The summed E-state index contributed by atoms with van der Waals surface area (Å²) in [5.74, 6) is 1.22. The summed E-state index contributed by atoms with van der Waals surface area (Å²) in [6.45, 7) is 6.88. The molecule has 2 saturated heterocycles. The zero-order valence-electron chi connectivity index (χ0n) is 20.0. The van der Waals surface area contributed by atoms with Gasteiger partial charge in [0.15, 0.2) is 0 Å². The number of nitrogens with one attached hydrogen (secondary N) is 1. The van der Waals surface area contributed by atoms with E-state index in [1.165, 1.54) is 34.1 Å². The first-order valence-corrected chi connectivity index (χ1v) is 12.5. The lowest BCUT2D eigenvalue weighted by atomic mass is 9.80. The van der Waals surface area contributed by atoms with Crippen molar-refractivity contribution in [2.45, 2.75) is 38.8 Å². The number of amides is 1. The second kappa shape index (κ2) is 8.22. The fourth-order valence-electron chi connectivity index (χ4n) is 6.01. The molecule has 34 heavy (non-hydrogen) atoms. The number of hydrazone groups is 1.